The van der Waals surface area contributed by atoms with E-state index in [1.54, 1.807) is 30.5 Å². The van der Waals surface area contributed by atoms with Crippen LogP contribution in [0.4, 0.5) is 0 Å². The van der Waals surface area contributed by atoms with Crippen LogP contribution in [-0.4, -0.2) is 58.8 Å². The zero-order valence-corrected chi connectivity index (χ0v) is 14.3. The lowest BCUT2D eigenvalue weighted by Crippen LogP contribution is -2.35. The first-order valence-corrected chi connectivity index (χ1v) is 8.12. The van der Waals surface area contributed by atoms with Gasteiger partial charge in [-0.05, 0) is 26.2 Å². The van der Waals surface area contributed by atoms with Crippen LogP contribution in [0.25, 0.3) is 5.76 Å². The van der Waals surface area contributed by atoms with Gasteiger partial charge in [-0.25, -0.2) is 0 Å². The van der Waals surface area contributed by atoms with E-state index in [0.717, 1.165) is 0 Å². The van der Waals surface area contributed by atoms with Crippen LogP contribution in [0.3, 0.4) is 0 Å². The molecule has 1 aromatic carbocycles. The van der Waals surface area contributed by atoms with Gasteiger partial charge in [-0.2, -0.15) is 0 Å². The van der Waals surface area contributed by atoms with Crippen molar-refractivity contribution in [2.45, 2.75) is 6.04 Å². The van der Waals surface area contributed by atoms with E-state index in [-0.39, 0.29) is 11.3 Å². The molecule has 1 aliphatic rings. The molecule has 0 spiro atoms. The van der Waals surface area contributed by atoms with Crippen LogP contribution >= 0.6 is 0 Å². The molecule has 1 aliphatic heterocycles. The second kappa shape index (κ2) is 6.94. The Morgan fingerprint density at radius 1 is 1.16 bits per heavy atom. The number of H-pyrrole nitrogens is 1. The molecule has 0 radical (unpaired) electrons. The third kappa shape index (κ3) is 3.21. The van der Waals surface area contributed by atoms with Crippen molar-refractivity contribution in [1.82, 2.24) is 14.8 Å². The van der Waals surface area contributed by atoms with Crippen molar-refractivity contribution in [3.05, 3.63) is 65.5 Å². The SMILES string of the molecule is CN(C)CCN1C(=O)C(=O)/C(=C(/O)c2ccccc2)C1c1ccc[nH]1. The molecule has 3 rings (SSSR count). The molecule has 1 amide bonds. The molecule has 1 atom stereocenters. The topological polar surface area (TPSA) is 76.6 Å². The van der Waals surface area contributed by atoms with E-state index in [0.29, 0.717) is 24.3 Å². The molecule has 6 heteroatoms. The molecule has 0 aliphatic carbocycles. The first-order valence-electron chi connectivity index (χ1n) is 8.12. The van der Waals surface area contributed by atoms with E-state index < -0.39 is 17.7 Å². The fraction of sp³-hybridized carbons (Fsp3) is 0.263. The average molecular weight is 339 g/mol. The van der Waals surface area contributed by atoms with Crippen molar-refractivity contribution < 1.29 is 14.7 Å². The van der Waals surface area contributed by atoms with E-state index in [9.17, 15) is 14.7 Å². The number of likely N-dealkylation sites (tertiary alicyclic amines) is 1. The highest BCUT2D eigenvalue weighted by Crippen LogP contribution is 2.38. The molecular formula is C19H21N3O3. The van der Waals surface area contributed by atoms with Crippen LogP contribution in [0.15, 0.2) is 54.2 Å². The van der Waals surface area contributed by atoms with Crippen molar-refractivity contribution in [2.75, 3.05) is 27.2 Å². The summed E-state index contributed by atoms with van der Waals surface area (Å²) in [6, 6.07) is 11.8. The highest BCUT2D eigenvalue weighted by Gasteiger charge is 2.46. The lowest BCUT2D eigenvalue weighted by atomic mass is 9.99. The van der Waals surface area contributed by atoms with Gasteiger partial charge in [0.1, 0.15) is 11.8 Å². The number of nitrogens with one attached hydrogen (secondary N) is 1. The summed E-state index contributed by atoms with van der Waals surface area (Å²) in [6.07, 6.45) is 1.74. The number of aliphatic hydroxyl groups excluding tert-OH is 1. The Labute approximate surface area is 146 Å². The zero-order chi connectivity index (χ0) is 18.0. The number of ketones is 1. The fourth-order valence-corrected chi connectivity index (χ4v) is 3.01. The van der Waals surface area contributed by atoms with Gasteiger partial charge in [0.2, 0.25) is 0 Å². The first kappa shape index (κ1) is 17.0. The highest BCUT2D eigenvalue weighted by molar-refractivity contribution is 6.46. The van der Waals surface area contributed by atoms with Crippen molar-refractivity contribution in [2.24, 2.45) is 0 Å². The quantitative estimate of drug-likeness (QED) is 0.496. The van der Waals surface area contributed by atoms with Gasteiger partial charge < -0.3 is 19.9 Å². The van der Waals surface area contributed by atoms with Crippen LogP contribution < -0.4 is 0 Å². The van der Waals surface area contributed by atoms with Gasteiger partial charge in [0.15, 0.2) is 0 Å². The Hall–Kier alpha value is -2.86. The summed E-state index contributed by atoms with van der Waals surface area (Å²) in [4.78, 5) is 31.7. The van der Waals surface area contributed by atoms with E-state index >= 15 is 0 Å². The minimum absolute atomic E-state index is 0.123. The lowest BCUT2D eigenvalue weighted by Gasteiger charge is -2.25. The standard InChI is InChI=1S/C19H21N3O3/c1-21(2)11-12-22-16(14-9-6-10-20-14)15(18(24)19(22)25)17(23)13-7-4-3-5-8-13/h3-10,16,20,23H,11-12H2,1-2H3/b17-15+. The summed E-state index contributed by atoms with van der Waals surface area (Å²) in [5.41, 5.74) is 1.34. The summed E-state index contributed by atoms with van der Waals surface area (Å²) in [5, 5.41) is 10.7. The van der Waals surface area contributed by atoms with Crippen molar-refractivity contribution in [1.29, 1.82) is 0 Å². The third-order valence-electron chi connectivity index (χ3n) is 4.29. The molecule has 2 N–H and O–H groups in total. The summed E-state index contributed by atoms with van der Waals surface area (Å²) in [7, 11) is 3.81. The molecule has 6 nitrogen and oxygen atoms in total. The minimum atomic E-state index is -0.653. The molecule has 25 heavy (non-hydrogen) atoms. The van der Waals surface area contributed by atoms with Gasteiger partial charge in [-0.1, -0.05) is 30.3 Å². The number of hydrogen-bond acceptors (Lipinski definition) is 4. The first-order chi connectivity index (χ1) is 12.0. The molecule has 0 bridgehead atoms. The molecule has 2 heterocycles. The van der Waals surface area contributed by atoms with Crippen molar-refractivity contribution in [3.8, 4) is 0 Å². The molecule has 0 saturated carbocycles. The summed E-state index contributed by atoms with van der Waals surface area (Å²) in [5.74, 6) is -1.38. The second-order valence-electron chi connectivity index (χ2n) is 6.29. The van der Waals surface area contributed by atoms with Crippen molar-refractivity contribution in [3.63, 3.8) is 0 Å². The van der Waals surface area contributed by atoms with Crippen LogP contribution in [-0.2, 0) is 9.59 Å². The summed E-state index contributed by atoms with van der Waals surface area (Å²) in [6.45, 7) is 1.02. The Bertz CT molecular complexity index is 795. The van der Waals surface area contributed by atoms with Gasteiger partial charge in [0.05, 0.1) is 5.57 Å². The summed E-state index contributed by atoms with van der Waals surface area (Å²) < 4.78 is 0. The Kier molecular flexibility index (Phi) is 4.72. The normalized spacial score (nSPS) is 19.8. The van der Waals surface area contributed by atoms with Crippen LogP contribution in [0.5, 0.6) is 0 Å². The predicted molar refractivity (Wildman–Crippen MR) is 94.8 cm³/mol. The number of carbonyl (C=O) groups is 2. The maximum absolute atomic E-state index is 12.6. The van der Waals surface area contributed by atoms with Gasteiger partial charge in [0, 0.05) is 30.5 Å². The lowest BCUT2D eigenvalue weighted by molar-refractivity contribution is -0.140. The minimum Gasteiger partial charge on any atom is -0.507 e. The average Bonchev–Trinajstić information content (AvgIpc) is 3.21. The third-order valence-corrected chi connectivity index (χ3v) is 4.29. The fourth-order valence-electron chi connectivity index (χ4n) is 3.01. The molecule has 1 aromatic heterocycles. The summed E-state index contributed by atoms with van der Waals surface area (Å²) >= 11 is 0. The van der Waals surface area contributed by atoms with Gasteiger partial charge in [-0.15, -0.1) is 0 Å². The predicted octanol–water partition coefficient (Wildman–Crippen LogP) is 2.00. The Balaban J connectivity index is 2.09. The number of aliphatic hydroxyl groups is 1. The zero-order valence-electron chi connectivity index (χ0n) is 14.3. The van der Waals surface area contributed by atoms with Gasteiger partial charge in [-0.3, -0.25) is 9.59 Å². The van der Waals surface area contributed by atoms with E-state index in [2.05, 4.69) is 4.98 Å². The molecular weight excluding hydrogens is 318 g/mol. The smallest absolute Gasteiger partial charge is 0.295 e. The second-order valence-corrected chi connectivity index (χ2v) is 6.29. The van der Waals surface area contributed by atoms with E-state index in [1.165, 1.54) is 4.90 Å². The molecule has 1 fully saturated rings. The van der Waals surface area contributed by atoms with Crippen LogP contribution in [0.2, 0.25) is 0 Å². The number of aromatic amines is 1. The number of hydrogen-bond donors (Lipinski definition) is 2. The maximum Gasteiger partial charge on any atom is 0.295 e. The Morgan fingerprint density at radius 2 is 1.88 bits per heavy atom. The van der Waals surface area contributed by atoms with Gasteiger partial charge >= 0.3 is 0 Å². The Morgan fingerprint density at radius 3 is 2.48 bits per heavy atom. The number of nitrogens with zero attached hydrogens (tertiary/aromatic N) is 2. The number of carbonyl (C=O) groups excluding carboxylic acids is 2. The highest BCUT2D eigenvalue weighted by atomic mass is 16.3. The molecule has 130 valence electrons. The number of amides is 1. The number of benzene rings is 1. The van der Waals surface area contributed by atoms with Gasteiger partial charge in [0.25, 0.3) is 11.7 Å². The van der Waals surface area contributed by atoms with Crippen LogP contribution in [0, 0.1) is 0 Å². The molecule has 2 aromatic rings. The number of likely N-dealkylation sites (N-methyl/N-ethyl adjacent to an activating group) is 1. The number of rotatable bonds is 5. The molecule has 1 unspecified atom stereocenters. The monoisotopic (exact) mass is 339 g/mol. The maximum atomic E-state index is 12.6. The molecule has 1 saturated heterocycles. The van der Waals surface area contributed by atoms with Crippen molar-refractivity contribution >= 4 is 17.4 Å². The number of Topliss-reactive ketones (excluding diaryl/α,β-unsaturated/α-hetero) is 1. The largest absolute Gasteiger partial charge is 0.507 e. The van der Waals surface area contributed by atoms with Crippen LogP contribution in [0.1, 0.15) is 17.3 Å². The van der Waals surface area contributed by atoms with E-state index in [1.807, 2.05) is 37.2 Å². The van der Waals surface area contributed by atoms with E-state index in [4.69, 9.17) is 0 Å². The number of aromatic nitrogens is 1.